The van der Waals surface area contributed by atoms with Crippen molar-refractivity contribution >= 4 is 0 Å². The molecule has 0 amide bonds. The van der Waals surface area contributed by atoms with Crippen LogP contribution >= 0.6 is 0 Å². The lowest BCUT2D eigenvalue weighted by Gasteiger charge is -2.23. The van der Waals surface area contributed by atoms with Crippen LogP contribution in [0.3, 0.4) is 0 Å². The van der Waals surface area contributed by atoms with E-state index < -0.39 is 0 Å². The highest BCUT2D eigenvalue weighted by molar-refractivity contribution is 5.43. The predicted molar refractivity (Wildman–Crippen MR) is 64.3 cm³/mol. The second kappa shape index (κ2) is 5.21. The number of benzene rings is 1. The molecule has 0 radical (unpaired) electrons. The van der Waals surface area contributed by atoms with Gasteiger partial charge in [0.15, 0.2) is 11.5 Å². The SMILES string of the molecule is COc1ccc(CC(C)(C)OC)cc1OC. The Kier molecular flexibility index (Phi) is 4.19. The zero-order valence-electron chi connectivity index (χ0n) is 10.7. The Morgan fingerprint density at radius 2 is 1.62 bits per heavy atom. The van der Waals surface area contributed by atoms with E-state index in [1.165, 1.54) is 5.56 Å². The maximum atomic E-state index is 5.40. The molecule has 0 saturated carbocycles. The van der Waals surface area contributed by atoms with Gasteiger partial charge >= 0.3 is 0 Å². The van der Waals surface area contributed by atoms with E-state index in [4.69, 9.17) is 14.2 Å². The molecule has 1 aromatic rings. The molecule has 0 bridgehead atoms. The average molecular weight is 224 g/mol. The molecule has 16 heavy (non-hydrogen) atoms. The van der Waals surface area contributed by atoms with Gasteiger partial charge in [0.2, 0.25) is 0 Å². The third kappa shape index (κ3) is 3.14. The molecule has 0 heterocycles. The lowest BCUT2D eigenvalue weighted by molar-refractivity contribution is 0.0232. The summed E-state index contributed by atoms with van der Waals surface area (Å²) < 4.78 is 15.9. The van der Waals surface area contributed by atoms with E-state index in [1.54, 1.807) is 21.3 Å². The average Bonchev–Trinajstić information content (AvgIpc) is 2.28. The first kappa shape index (κ1) is 12.8. The lowest BCUT2D eigenvalue weighted by atomic mass is 9.98. The van der Waals surface area contributed by atoms with Crippen LogP contribution in [0.5, 0.6) is 11.5 Å². The summed E-state index contributed by atoms with van der Waals surface area (Å²) >= 11 is 0. The van der Waals surface area contributed by atoms with Gasteiger partial charge in [-0.05, 0) is 31.5 Å². The van der Waals surface area contributed by atoms with Crippen molar-refractivity contribution in [3.63, 3.8) is 0 Å². The minimum absolute atomic E-state index is 0.167. The summed E-state index contributed by atoms with van der Waals surface area (Å²) in [4.78, 5) is 0. The summed E-state index contributed by atoms with van der Waals surface area (Å²) in [6.45, 7) is 4.12. The molecular weight excluding hydrogens is 204 g/mol. The van der Waals surface area contributed by atoms with Crippen molar-refractivity contribution < 1.29 is 14.2 Å². The zero-order chi connectivity index (χ0) is 12.2. The van der Waals surface area contributed by atoms with Gasteiger partial charge in [-0.3, -0.25) is 0 Å². The lowest BCUT2D eigenvalue weighted by Crippen LogP contribution is -2.25. The van der Waals surface area contributed by atoms with E-state index in [0.29, 0.717) is 0 Å². The molecule has 0 fully saturated rings. The van der Waals surface area contributed by atoms with Crippen molar-refractivity contribution in [1.29, 1.82) is 0 Å². The van der Waals surface area contributed by atoms with Gasteiger partial charge in [-0.15, -0.1) is 0 Å². The van der Waals surface area contributed by atoms with Crippen LogP contribution in [0.2, 0.25) is 0 Å². The van der Waals surface area contributed by atoms with Gasteiger partial charge in [-0.25, -0.2) is 0 Å². The first-order chi connectivity index (χ1) is 7.52. The largest absolute Gasteiger partial charge is 0.493 e. The van der Waals surface area contributed by atoms with Crippen molar-refractivity contribution in [1.82, 2.24) is 0 Å². The van der Waals surface area contributed by atoms with Crippen LogP contribution in [0.4, 0.5) is 0 Å². The molecule has 0 saturated heterocycles. The monoisotopic (exact) mass is 224 g/mol. The van der Waals surface area contributed by atoms with Crippen LogP contribution in [0.1, 0.15) is 19.4 Å². The first-order valence-electron chi connectivity index (χ1n) is 5.28. The summed E-state index contributed by atoms with van der Waals surface area (Å²) in [5.74, 6) is 1.51. The predicted octanol–water partition coefficient (Wildman–Crippen LogP) is 2.67. The van der Waals surface area contributed by atoms with Crippen LogP contribution < -0.4 is 9.47 Å². The molecule has 0 aliphatic carbocycles. The zero-order valence-corrected chi connectivity index (χ0v) is 10.7. The topological polar surface area (TPSA) is 27.7 Å². The molecule has 0 spiro atoms. The minimum atomic E-state index is -0.167. The Balaban J connectivity index is 2.91. The molecule has 1 aromatic carbocycles. The molecule has 0 atom stereocenters. The van der Waals surface area contributed by atoms with Crippen LogP contribution in [0, 0.1) is 0 Å². The van der Waals surface area contributed by atoms with Crippen LogP contribution in [0.15, 0.2) is 18.2 Å². The Morgan fingerprint density at radius 3 is 2.12 bits per heavy atom. The smallest absolute Gasteiger partial charge is 0.160 e. The van der Waals surface area contributed by atoms with Gasteiger partial charge in [-0.1, -0.05) is 6.07 Å². The van der Waals surface area contributed by atoms with Crippen LogP contribution in [-0.2, 0) is 11.2 Å². The number of methoxy groups -OCH3 is 3. The molecular formula is C13H20O3. The van der Waals surface area contributed by atoms with Crippen molar-refractivity contribution in [2.24, 2.45) is 0 Å². The van der Waals surface area contributed by atoms with Gasteiger partial charge < -0.3 is 14.2 Å². The van der Waals surface area contributed by atoms with Crippen molar-refractivity contribution in [3.8, 4) is 11.5 Å². The third-order valence-corrected chi connectivity index (χ3v) is 2.63. The van der Waals surface area contributed by atoms with Gasteiger partial charge in [-0.2, -0.15) is 0 Å². The van der Waals surface area contributed by atoms with E-state index in [1.807, 2.05) is 18.2 Å². The molecule has 0 aromatic heterocycles. The minimum Gasteiger partial charge on any atom is -0.493 e. The summed E-state index contributed by atoms with van der Waals surface area (Å²) in [5.41, 5.74) is 1.00. The van der Waals surface area contributed by atoms with Gasteiger partial charge in [0, 0.05) is 13.5 Å². The maximum Gasteiger partial charge on any atom is 0.160 e. The highest BCUT2D eigenvalue weighted by Gasteiger charge is 2.18. The standard InChI is InChI=1S/C13H20O3/c1-13(2,16-5)9-10-6-7-11(14-3)12(8-10)15-4/h6-8H,9H2,1-5H3. The van der Waals surface area contributed by atoms with Crippen molar-refractivity contribution in [2.75, 3.05) is 21.3 Å². The second-order valence-corrected chi connectivity index (χ2v) is 4.33. The first-order valence-corrected chi connectivity index (χ1v) is 5.28. The van der Waals surface area contributed by atoms with Crippen molar-refractivity contribution in [2.45, 2.75) is 25.9 Å². The molecule has 90 valence electrons. The summed E-state index contributed by atoms with van der Waals surface area (Å²) in [5, 5.41) is 0. The molecule has 0 unspecified atom stereocenters. The van der Waals surface area contributed by atoms with E-state index in [2.05, 4.69) is 13.8 Å². The maximum absolute atomic E-state index is 5.40. The quantitative estimate of drug-likeness (QED) is 0.769. The number of rotatable bonds is 5. The fourth-order valence-electron chi connectivity index (χ4n) is 1.55. The summed E-state index contributed by atoms with van der Waals surface area (Å²) in [6, 6.07) is 5.93. The van der Waals surface area contributed by atoms with E-state index in [0.717, 1.165) is 17.9 Å². The van der Waals surface area contributed by atoms with Gasteiger partial charge in [0.1, 0.15) is 0 Å². The number of hydrogen-bond acceptors (Lipinski definition) is 3. The Hall–Kier alpha value is -1.22. The van der Waals surface area contributed by atoms with Gasteiger partial charge in [0.05, 0.1) is 19.8 Å². The van der Waals surface area contributed by atoms with E-state index in [-0.39, 0.29) is 5.60 Å². The fourth-order valence-corrected chi connectivity index (χ4v) is 1.55. The second-order valence-electron chi connectivity index (χ2n) is 4.33. The number of hydrogen-bond donors (Lipinski definition) is 0. The van der Waals surface area contributed by atoms with Gasteiger partial charge in [0.25, 0.3) is 0 Å². The van der Waals surface area contributed by atoms with E-state index in [9.17, 15) is 0 Å². The Morgan fingerprint density at radius 1 is 1.00 bits per heavy atom. The normalized spacial score (nSPS) is 11.3. The Labute approximate surface area is 97.3 Å². The van der Waals surface area contributed by atoms with Crippen molar-refractivity contribution in [3.05, 3.63) is 23.8 Å². The molecule has 0 aliphatic rings. The summed E-state index contributed by atoms with van der Waals surface area (Å²) in [6.07, 6.45) is 0.837. The highest BCUT2D eigenvalue weighted by Crippen LogP contribution is 2.29. The van der Waals surface area contributed by atoms with E-state index >= 15 is 0 Å². The highest BCUT2D eigenvalue weighted by atomic mass is 16.5. The fraction of sp³-hybridized carbons (Fsp3) is 0.538. The molecule has 0 N–H and O–H groups in total. The Bertz CT molecular complexity index is 345. The number of ether oxygens (including phenoxy) is 3. The molecule has 3 nitrogen and oxygen atoms in total. The molecule has 0 aliphatic heterocycles. The van der Waals surface area contributed by atoms with Crippen LogP contribution in [-0.4, -0.2) is 26.9 Å². The molecule has 1 rings (SSSR count). The summed E-state index contributed by atoms with van der Waals surface area (Å²) in [7, 11) is 5.00. The van der Waals surface area contributed by atoms with Crippen LogP contribution in [0.25, 0.3) is 0 Å². The molecule has 3 heteroatoms. The third-order valence-electron chi connectivity index (χ3n) is 2.63.